The minimum Gasteiger partial charge on any atom is -0.307 e. The third-order valence-corrected chi connectivity index (χ3v) is 0.333. The van der Waals surface area contributed by atoms with Crippen LogP contribution >= 0.6 is 0 Å². The zero-order valence-corrected chi connectivity index (χ0v) is 4.14. The lowest BCUT2D eigenvalue weighted by molar-refractivity contribution is -0.116. The van der Waals surface area contributed by atoms with Gasteiger partial charge < -0.3 is 5.73 Å². The summed E-state index contributed by atoms with van der Waals surface area (Å²) in [6.45, 7) is 0.257. The molecule has 0 aliphatic heterocycles. The maximum atomic E-state index is 4.97. The molecule has 0 amide bonds. The Balaban J connectivity index is 2.63. The lowest BCUT2D eigenvalue weighted by atomic mass is 11.2. The summed E-state index contributed by atoms with van der Waals surface area (Å²) in [4.78, 5) is 4.65. The van der Waals surface area contributed by atoms with Gasteiger partial charge in [-0.2, -0.15) is 5.06 Å². The molecule has 0 aliphatic carbocycles. The highest BCUT2D eigenvalue weighted by atomic mass is 16.7. The summed E-state index contributed by atoms with van der Waals surface area (Å²) in [5, 5.41) is 1.56. The molecule has 0 spiro atoms. The predicted molar refractivity (Wildman–Crippen MR) is 23.8 cm³/mol. The largest absolute Gasteiger partial charge is 0.307 e. The molecule has 0 saturated heterocycles. The second-order valence-electron chi connectivity index (χ2n) is 1.11. The minimum atomic E-state index is 0.257. The smallest absolute Gasteiger partial charge is 0.116 e. The molecule has 0 radical (unpaired) electrons. The second-order valence-corrected chi connectivity index (χ2v) is 1.11. The highest BCUT2D eigenvalue weighted by Gasteiger charge is 1.77. The molecule has 0 aliphatic rings. The van der Waals surface area contributed by atoms with E-state index in [2.05, 4.69) is 4.84 Å². The molecule has 3 nitrogen and oxygen atoms in total. The van der Waals surface area contributed by atoms with E-state index in [9.17, 15) is 0 Å². The van der Waals surface area contributed by atoms with Gasteiger partial charge in [0, 0.05) is 14.1 Å². The van der Waals surface area contributed by atoms with Crippen LogP contribution < -0.4 is 5.73 Å². The summed E-state index contributed by atoms with van der Waals surface area (Å²) < 4.78 is 0. The van der Waals surface area contributed by atoms with Crippen LogP contribution in [-0.4, -0.2) is 25.9 Å². The quantitative estimate of drug-likeness (QED) is 0.363. The topological polar surface area (TPSA) is 38.5 Å². The van der Waals surface area contributed by atoms with E-state index in [0.717, 1.165) is 0 Å². The van der Waals surface area contributed by atoms with E-state index in [-0.39, 0.29) is 6.73 Å². The monoisotopic (exact) mass is 90.1 g/mol. The van der Waals surface area contributed by atoms with Crippen LogP contribution in [0.4, 0.5) is 0 Å². The first kappa shape index (κ1) is 5.88. The molecular weight excluding hydrogens is 80.0 g/mol. The predicted octanol–water partition coefficient (Wildman–Crippen LogP) is -0.604. The summed E-state index contributed by atoms with van der Waals surface area (Å²) in [6, 6.07) is 0. The highest BCUT2D eigenvalue weighted by molar-refractivity contribution is 4.04. The summed E-state index contributed by atoms with van der Waals surface area (Å²) in [5.41, 5.74) is 4.97. The SMILES string of the molecule is CN(C)OCN. The van der Waals surface area contributed by atoms with Crippen LogP contribution in [0.3, 0.4) is 0 Å². The van der Waals surface area contributed by atoms with Crippen LogP contribution in [0.5, 0.6) is 0 Å². The third-order valence-electron chi connectivity index (χ3n) is 0.333. The van der Waals surface area contributed by atoms with Gasteiger partial charge in [0.05, 0.1) is 0 Å². The Morgan fingerprint density at radius 3 is 2.17 bits per heavy atom. The lowest BCUT2D eigenvalue weighted by Gasteiger charge is -2.05. The average Bonchev–Trinajstić information content (AvgIpc) is 1.35. The Bertz CT molecular complexity index is 30.0. The number of nitrogens with zero attached hydrogens (tertiary/aromatic N) is 1. The Kier molecular flexibility index (Phi) is 3.02. The summed E-state index contributed by atoms with van der Waals surface area (Å²) >= 11 is 0. The van der Waals surface area contributed by atoms with Gasteiger partial charge in [-0.05, 0) is 0 Å². The second kappa shape index (κ2) is 3.08. The van der Waals surface area contributed by atoms with Crippen molar-refractivity contribution in [2.75, 3.05) is 20.8 Å². The van der Waals surface area contributed by atoms with E-state index < -0.39 is 0 Å². The van der Waals surface area contributed by atoms with Gasteiger partial charge >= 0.3 is 0 Å². The van der Waals surface area contributed by atoms with Gasteiger partial charge in [0.25, 0.3) is 0 Å². The Morgan fingerprint density at radius 1 is 1.67 bits per heavy atom. The molecule has 38 valence electrons. The number of nitrogens with two attached hydrogens (primary N) is 1. The molecule has 0 aromatic carbocycles. The van der Waals surface area contributed by atoms with Crippen molar-refractivity contribution in [1.82, 2.24) is 5.06 Å². The van der Waals surface area contributed by atoms with E-state index >= 15 is 0 Å². The zero-order valence-electron chi connectivity index (χ0n) is 4.14. The maximum Gasteiger partial charge on any atom is 0.116 e. The first-order valence-electron chi connectivity index (χ1n) is 1.77. The minimum absolute atomic E-state index is 0.257. The first-order chi connectivity index (χ1) is 2.77. The van der Waals surface area contributed by atoms with Gasteiger partial charge in [-0.3, -0.25) is 4.84 Å². The lowest BCUT2D eigenvalue weighted by Crippen LogP contribution is -2.17. The molecule has 0 atom stereocenters. The molecule has 0 fully saturated rings. The van der Waals surface area contributed by atoms with Crippen LogP contribution in [0.2, 0.25) is 0 Å². The van der Waals surface area contributed by atoms with Crippen molar-refractivity contribution in [3.8, 4) is 0 Å². The number of hydrogen-bond acceptors (Lipinski definition) is 3. The van der Waals surface area contributed by atoms with Crippen molar-refractivity contribution in [2.45, 2.75) is 0 Å². The average molecular weight is 90.1 g/mol. The highest BCUT2D eigenvalue weighted by Crippen LogP contribution is 1.68. The van der Waals surface area contributed by atoms with Gasteiger partial charge in [0.15, 0.2) is 0 Å². The number of hydroxylamine groups is 2. The van der Waals surface area contributed by atoms with Crippen molar-refractivity contribution >= 4 is 0 Å². The van der Waals surface area contributed by atoms with Crippen LogP contribution in [0.15, 0.2) is 0 Å². The standard InChI is InChI=1S/C3H10N2O/c1-5(2)6-3-4/h3-4H2,1-2H3. The van der Waals surface area contributed by atoms with Gasteiger partial charge in [-0.25, -0.2) is 0 Å². The Hall–Kier alpha value is -0.120. The fraction of sp³-hybridized carbons (Fsp3) is 1.00. The Morgan fingerprint density at radius 2 is 2.17 bits per heavy atom. The molecule has 0 rings (SSSR count). The van der Waals surface area contributed by atoms with Crippen molar-refractivity contribution in [3.63, 3.8) is 0 Å². The molecule has 6 heavy (non-hydrogen) atoms. The summed E-state index contributed by atoms with van der Waals surface area (Å²) in [6.07, 6.45) is 0. The van der Waals surface area contributed by atoms with Crippen molar-refractivity contribution < 1.29 is 4.84 Å². The van der Waals surface area contributed by atoms with Gasteiger partial charge in [-0.1, -0.05) is 0 Å². The third kappa shape index (κ3) is 3.88. The summed E-state index contributed by atoms with van der Waals surface area (Å²) in [5.74, 6) is 0. The fourth-order valence-corrected chi connectivity index (χ4v) is 0.149. The van der Waals surface area contributed by atoms with E-state index in [4.69, 9.17) is 5.73 Å². The van der Waals surface area contributed by atoms with Crippen LogP contribution in [0.25, 0.3) is 0 Å². The van der Waals surface area contributed by atoms with Gasteiger partial charge in [0.1, 0.15) is 6.73 Å². The van der Waals surface area contributed by atoms with E-state index in [0.29, 0.717) is 0 Å². The maximum absolute atomic E-state index is 4.97. The van der Waals surface area contributed by atoms with Crippen LogP contribution in [-0.2, 0) is 4.84 Å². The van der Waals surface area contributed by atoms with Crippen LogP contribution in [0.1, 0.15) is 0 Å². The first-order valence-corrected chi connectivity index (χ1v) is 1.77. The van der Waals surface area contributed by atoms with Crippen molar-refractivity contribution in [1.29, 1.82) is 0 Å². The van der Waals surface area contributed by atoms with Gasteiger partial charge in [-0.15, -0.1) is 0 Å². The fourth-order valence-electron chi connectivity index (χ4n) is 0.149. The molecule has 3 heteroatoms. The molecule has 0 heterocycles. The van der Waals surface area contributed by atoms with Crippen molar-refractivity contribution in [2.24, 2.45) is 5.73 Å². The Labute approximate surface area is 37.6 Å². The molecule has 0 aromatic rings. The van der Waals surface area contributed by atoms with E-state index in [1.807, 2.05) is 0 Å². The molecule has 0 bridgehead atoms. The molecule has 0 unspecified atom stereocenters. The molecule has 2 N–H and O–H groups in total. The molecular formula is C3H10N2O. The van der Waals surface area contributed by atoms with Crippen molar-refractivity contribution in [3.05, 3.63) is 0 Å². The van der Waals surface area contributed by atoms with Gasteiger partial charge in [0.2, 0.25) is 0 Å². The number of hydrogen-bond donors (Lipinski definition) is 1. The summed E-state index contributed by atoms with van der Waals surface area (Å²) in [7, 11) is 3.57. The molecule has 0 aromatic heterocycles. The number of rotatable bonds is 2. The van der Waals surface area contributed by atoms with Crippen LogP contribution in [0, 0.1) is 0 Å². The zero-order chi connectivity index (χ0) is 4.99. The normalized spacial score (nSPS) is 10.0. The molecule has 0 saturated carbocycles. The van der Waals surface area contributed by atoms with E-state index in [1.54, 1.807) is 19.2 Å². The van der Waals surface area contributed by atoms with E-state index in [1.165, 1.54) is 0 Å².